The molecule has 1 aliphatic heterocycles. The summed E-state index contributed by atoms with van der Waals surface area (Å²) in [4.78, 5) is 5.01. The summed E-state index contributed by atoms with van der Waals surface area (Å²) in [6.45, 7) is 11.2. The Labute approximate surface area is 111 Å². The van der Waals surface area contributed by atoms with E-state index in [1.807, 2.05) is 12.1 Å². The molecule has 1 heterocycles. The van der Waals surface area contributed by atoms with Crippen molar-refractivity contribution in [2.75, 3.05) is 36.8 Å². The number of benzene rings is 1. The molecule has 0 unspecified atom stereocenters. The maximum atomic E-state index is 5.73. The second-order valence-corrected chi connectivity index (χ2v) is 5.56. The fourth-order valence-electron chi connectivity index (χ4n) is 2.56. The summed E-state index contributed by atoms with van der Waals surface area (Å²) in [5.41, 5.74) is 7.85. The lowest BCUT2D eigenvalue weighted by Gasteiger charge is -2.41. The molecule has 1 saturated heterocycles. The largest absolute Gasteiger partial charge is 0.399 e. The lowest BCUT2D eigenvalue weighted by molar-refractivity contribution is 0.197. The van der Waals surface area contributed by atoms with Gasteiger partial charge in [-0.3, -0.25) is 4.90 Å². The number of rotatable bonds is 3. The third-order valence-electron chi connectivity index (χ3n) is 3.54. The van der Waals surface area contributed by atoms with Gasteiger partial charge in [0, 0.05) is 43.6 Å². The number of nitrogens with two attached hydrogens (primary N) is 1. The zero-order chi connectivity index (χ0) is 13.1. The van der Waals surface area contributed by atoms with Gasteiger partial charge in [0.25, 0.3) is 0 Å². The average Bonchev–Trinajstić information content (AvgIpc) is 2.32. The van der Waals surface area contributed by atoms with E-state index < -0.39 is 0 Å². The van der Waals surface area contributed by atoms with Crippen molar-refractivity contribution in [2.24, 2.45) is 0 Å². The van der Waals surface area contributed by atoms with Crippen molar-refractivity contribution in [3.05, 3.63) is 30.2 Å². The molecule has 0 aliphatic carbocycles. The maximum absolute atomic E-state index is 5.73. The van der Waals surface area contributed by atoms with Crippen LogP contribution in [0, 0.1) is 5.92 Å². The summed E-state index contributed by atoms with van der Waals surface area (Å²) in [5, 5.41) is 0. The van der Waals surface area contributed by atoms with Gasteiger partial charge < -0.3 is 10.6 Å². The van der Waals surface area contributed by atoms with Crippen LogP contribution in [-0.2, 0) is 0 Å². The topological polar surface area (TPSA) is 32.5 Å². The third kappa shape index (κ3) is 3.16. The van der Waals surface area contributed by atoms with E-state index in [9.17, 15) is 0 Å². The molecule has 3 heteroatoms. The monoisotopic (exact) mass is 246 g/mol. The Morgan fingerprint density at radius 3 is 2.44 bits per heavy atom. The van der Waals surface area contributed by atoms with Crippen LogP contribution in [0.2, 0.25) is 0 Å². The zero-order valence-corrected chi connectivity index (χ0v) is 11.7. The minimum Gasteiger partial charge on any atom is -0.399 e. The van der Waals surface area contributed by atoms with Gasteiger partial charge in [0.05, 0.1) is 0 Å². The molecule has 18 heavy (non-hydrogen) atoms. The smallest absolute Gasteiger partial charge is 0.0368 e. The fraction of sp³-hybridized carbons (Fsp3) is 0.533. The van der Waals surface area contributed by atoms with Crippen LogP contribution in [0.3, 0.4) is 0 Å². The Bertz CT molecular complexity index is 372. The Balaban J connectivity index is 1.97. The molecule has 2 rings (SSSR count). The first-order valence-electron chi connectivity index (χ1n) is 6.70. The van der Waals surface area contributed by atoms with Gasteiger partial charge >= 0.3 is 0 Å². The molecule has 2 N–H and O–H groups in total. The Morgan fingerprint density at radius 2 is 1.89 bits per heavy atom. The van der Waals surface area contributed by atoms with Crippen LogP contribution in [0.5, 0.6) is 0 Å². The molecule has 0 spiro atoms. The van der Waals surface area contributed by atoms with Gasteiger partial charge in [-0.15, -0.1) is 0 Å². The number of anilines is 2. The van der Waals surface area contributed by atoms with Crippen LogP contribution in [0.25, 0.3) is 0 Å². The molecule has 1 aromatic rings. The molecule has 0 amide bonds. The van der Waals surface area contributed by atoms with Crippen LogP contribution >= 0.6 is 0 Å². The summed E-state index contributed by atoms with van der Waals surface area (Å²) in [7, 11) is 0. The highest BCUT2D eigenvalue weighted by Gasteiger charge is 2.24. The number of piperazine rings is 1. The first-order chi connectivity index (χ1) is 8.56. The average molecular weight is 246 g/mol. The molecule has 3 nitrogen and oxygen atoms in total. The van der Waals surface area contributed by atoms with E-state index in [4.69, 9.17) is 5.73 Å². The minimum absolute atomic E-state index is 0.603. The summed E-state index contributed by atoms with van der Waals surface area (Å²) in [5.74, 6) is 1.49. The molecule has 1 fully saturated rings. The summed E-state index contributed by atoms with van der Waals surface area (Å²) in [6.07, 6.45) is 0. The van der Waals surface area contributed by atoms with Crippen molar-refractivity contribution in [1.29, 1.82) is 0 Å². The van der Waals surface area contributed by atoms with Crippen LogP contribution in [0.15, 0.2) is 24.3 Å². The van der Waals surface area contributed by atoms with E-state index in [2.05, 4.69) is 42.7 Å². The molecule has 1 aliphatic rings. The van der Waals surface area contributed by atoms with Crippen molar-refractivity contribution in [1.82, 2.24) is 4.90 Å². The van der Waals surface area contributed by atoms with Gasteiger partial charge in [0.15, 0.2) is 0 Å². The van der Waals surface area contributed by atoms with Gasteiger partial charge in [0.1, 0.15) is 0 Å². The van der Waals surface area contributed by atoms with Gasteiger partial charge in [-0.25, -0.2) is 0 Å². The quantitative estimate of drug-likeness (QED) is 0.831. The highest BCUT2D eigenvalue weighted by atomic mass is 15.3. The first-order valence-corrected chi connectivity index (χ1v) is 6.70. The number of nitrogens with zero attached hydrogens (tertiary/aromatic N) is 2. The molecule has 99 valence electrons. The molecular formula is C15H24N3. The molecule has 1 aromatic carbocycles. The highest BCUT2D eigenvalue weighted by molar-refractivity contribution is 5.53. The van der Waals surface area contributed by atoms with Crippen LogP contribution in [-0.4, -0.2) is 37.1 Å². The van der Waals surface area contributed by atoms with E-state index in [0.29, 0.717) is 6.04 Å². The van der Waals surface area contributed by atoms with Gasteiger partial charge in [-0.2, -0.15) is 0 Å². The molecule has 0 aromatic heterocycles. The summed E-state index contributed by atoms with van der Waals surface area (Å²) in [6, 6.07) is 8.81. The van der Waals surface area contributed by atoms with Crippen LogP contribution in [0.1, 0.15) is 20.8 Å². The van der Waals surface area contributed by atoms with Gasteiger partial charge in [0.2, 0.25) is 0 Å². The van der Waals surface area contributed by atoms with Gasteiger partial charge in [-0.05, 0) is 37.1 Å². The third-order valence-corrected chi connectivity index (χ3v) is 3.54. The molecule has 0 saturated carbocycles. The molecule has 0 bridgehead atoms. The minimum atomic E-state index is 0.603. The second-order valence-electron chi connectivity index (χ2n) is 5.56. The van der Waals surface area contributed by atoms with Crippen molar-refractivity contribution in [2.45, 2.75) is 26.8 Å². The van der Waals surface area contributed by atoms with Crippen molar-refractivity contribution >= 4 is 11.4 Å². The van der Waals surface area contributed by atoms with Crippen LogP contribution in [0.4, 0.5) is 11.4 Å². The van der Waals surface area contributed by atoms with Crippen LogP contribution < -0.4 is 10.6 Å². The lowest BCUT2D eigenvalue weighted by atomic mass is 10.1. The number of nitrogen functional groups attached to an aromatic ring is 1. The normalized spacial score (nSPS) is 21.6. The SMILES string of the molecule is C[C](C)CN1CCN(c2ccc(N)cc2)C[C@@H]1C. The Morgan fingerprint density at radius 1 is 1.22 bits per heavy atom. The van der Waals surface area contributed by atoms with Crippen molar-refractivity contribution in [3.8, 4) is 0 Å². The Hall–Kier alpha value is -1.22. The van der Waals surface area contributed by atoms with Gasteiger partial charge in [-0.1, -0.05) is 13.8 Å². The summed E-state index contributed by atoms with van der Waals surface area (Å²) < 4.78 is 0. The first kappa shape index (κ1) is 13.2. The number of hydrogen-bond donors (Lipinski definition) is 1. The maximum Gasteiger partial charge on any atom is 0.0368 e. The highest BCUT2D eigenvalue weighted by Crippen LogP contribution is 2.21. The molecular weight excluding hydrogens is 222 g/mol. The van der Waals surface area contributed by atoms with E-state index >= 15 is 0 Å². The zero-order valence-electron chi connectivity index (χ0n) is 11.7. The predicted octanol–water partition coefficient (Wildman–Crippen LogP) is 2.39. The molecule has 1 atom stereocenters. The van der Waals surface area contributed by atoms with E-state index in [1.54, 1.807) is 0 Å². The second kappa shape index (κ2) is 5.61. The van der Waals surface area contributed by atoms with Crippen molar-refractivity contribution < 1.29 is 0 Å². The number of hydrogen-bond acceptors (Lipinski definition) is 3. The fourth-order valence-corrected chi connectivity index (χ4v) is 2.56. The van der Waals surface area contributed by atoms with E-state index in [1.165, 1.54) is 11.6 Å². The van der Waals surface area contributed by atoms with E-state index in [0.717, 1.165) is 31.9 Å². The van der Waals surface area contributed by atoms with E-state index in [-0.39, 0.29) is 0 Å². The Kier molecular flexibility index (Phi) is 4.12. The predicted molar refractivity (Wildman–Crippen MR) is 78.7 cm³/mol. The van der Waals surface area contributed by atoms with Crippen molar-refractivity contribution in [3.63, 3.8) is 0 Å². The molecule has 1 radical (unpaired) electrons. The summed E-state index contributed by atoms with van der Waals surface area (Å²) >= 11 is 0. The lowest BCUT2D eigenvalue weighted by Crippen LogP contribution is -2.52. The standard InChI is InChI=1S/C15H24N3/c1-12(2)10-17-8-9-18(11-13(17)3)15-6-4-14(16)5-7-15/h4-7,13H,8-11,16H2,1-3H3/t13-/m0/s1.